The number of allylic oxidation sites excluding steroid dienone is 5. The van der Waals surface area contributed by atoms with E-state index in [2.05, 4.69) is 72.8 Å². The Labute approximate surface area is 127 Å². The predicted molar refractivity (Wildman–Crippen MR) is 96.0 cm³/mol. The van der Waals surface area contributed by atoms with E-state index < -0.39 is 7.26 Å². The average molecular weight is 297 g/mol. The summed E-state index contributed by atoms with van der Waals surface area (Å²) in [4.78, 5) is 0. The van der Waals surface area contributed by atoms with Crippen LogP contribution in [-0.2, 0) is 4.74 Å². The Balaban J connectivity index is 5.90. The lowest BCUT2D eigenvalue weighted by Crippen LogP contribution is -2.06. The van der Waals surface area contributed by atoms with Crippen LogP contribution in [0.25, 0.3) is 0 Å². The van der Waals surface area contributed by atoms with Gasteiger partial charge in [-0.25, -0.2) is 0 Å². The molecule has 0 bridgehead atoms. The van der Waals surface area contributed by atoms with Gasteiger partial charge in [-0.1, -0.05) is 39.8 Å². The van der Waals surface area contributed by atoms with Crippen molar-refractivity contribution in [3.63, 3.8) is 0 Å². The van der Waals surface area contributed by atoms with Gasteiger partial charge >= 0.3 is 0 Å². The number of ether oxygens (including phenoxy) is 1. The molecule has 0 spiro atoms. The van der Waals surface area contributed by atoms with Crippen molar-refractivity contribution in [1.29, 1.82) is 0 Å². The maximum Gasteiger partial charge on any atom is 0.163 e. The van der Waals surface area contributed by atoms with Crippen LogP contribution in [0.5, 0.6) is 0 Å². The molecule has 0 aromatic carbocycles. The molecule has 2 heteroatoms. The van der Waals surface area contributed by atoms with Crippen molar-refractivity contribution < 1.29 is 4.74 Å². The van der Waals surface area contributed by atoms with E-state index in [1.807, 2.05) is 0 Å². The van der Waals surface area contributed by atoms with Crippen LogP contribution in [0.4, 0.5) is 0 Å². The van der Waals surface area contributed by atoms with Gasteiger partial charge in [0.05, 0.1) is 27.1 Å². The van der Waals surface area contributed by atoms with Crippen molar-refractivity contribution in [2.24, 2.45) is 5.41 Å². The van der Waals surface area contributed by atoms with Crippen LogP contribution in [0.1, 0.15) is 47.5 Å². The first-order chi connectivity index (χ1) is 9.12. The van der Waals surface area contributed by atoms with Crippen LogP contribution < -0.4 is 0 Å². The van der Waals surface area contributed by atoms with Crippen LogP contribution in [0, 0.1) is 5.41 Å². The van der Waals surface area contributed by atoms with Gasteiger partial charge in [0, 0.05) is 7.26 Å². The zero-order chi connectivity index (χ0) is 16.0. The molecule has 0 rings (SSSR count). The highest BCUT2D eigenvalue weighted by Gasteiger charge is 2.29. The first kappa shape index (κ1) is 19.4. The monoisotopic (exact) mass is 297 g/mol. The van der Waals surface area contributed by atoms with Gasteiger partial charge in [-0.05, 0) is 36.8 Å². The highest BCUT2D eigenvalue weighted by Crippen LogP contribution is 2.58. The van der Waals surface area contributed by atoms with Crippen molar-refractivity contribution in [1.82, 2.24) is 0 Å². The standard InChI is InChI=1S/C18H34OP/c1-10-15(11-2)17(19-6)16(20(7,8)9)13-14-18(4,5)12-3/h10,13-14H,11-12H2,1-9H3/q+1/b14-13+,15-10-,17-16-. The second-order valence-corrected chi connectivity index (χ2v) is 11.3. The molecule has 0 aliphatic rings. The van der Waals surface area contributed by atoms with Crippen LogP contribution in [0.2, 0.25) is 0 Å². The SMILES string of the molecule is C\C=C(CC)/C(OC)=C(\C=C\C(C)(C)CC)[P+](C)(C)C. The summed E-state index contributed by atoms with van der Waals surface area (Å²) in [6.07, 6.45) is 8.98. The summed E-state index contributed by atoms with van der Waals surface area (Å²) in [5, 5.41) is 1.39. The molecule has 0 atom stereocenters. The molecule has 0 aliphatic heterocycles. The van der Waals surface area contributed by atoms with Gasteiger partial charge in [0.2, 0.25) is 0 Å². The highest BCUT2D eigenvalue weighted by molar-refractivity contribution is 7.78. The summed E-state index contributed by atoms with van der Waals surface area (Å²) >= 11 is 0. The number of hydrogen-bond donors (Lipinski definition) is 0. The minimum atomic E-state index is -1.15. The van der Waals surface area contributed by atoms with Gasteiger partial charge in [0.25, 0.3) is 0 Å². The Morgan fingerprint density at radius 3 is 2.00 bits per heavy atom. The van der Waals surface area contributed by atoms with Crippen molar-refractivity contribution in [2.75, 3.05) is 27.1 Å². The van der Waals surface area contributed by atoms with Gasteiger partial charge in [0.1, 0.15) is 5.31 Å². The molecular formula is C18H34OP+. The third kappa shape index (κ3) is 5.83. The molecule has 0 saturated carbocycles. The lowest BCUT2D eigenvalue weighted by molar-refractivity contribution is 0.297. The average Bonchev–Trinajstić information content (AvgIpc) is 2.36. The van der Waals surface area contributed by atoms with Gasteiger partial charge in [-0.15, -0.1) is 0 Å². The summed E-state index contributed by atoms with van der Waals surface area (Å²) in [5.74, 6) is 1.08. The summed E-state index contributed by atoms with van der Waals surface area (Å²) in [7, 11) is 0.646. The maximum atomic E-state index is 5.77. The van der Waals surface area contributed by atoms with E-state index in [9.17, 15) is 0 Å². The Morgan fingerprint density at radius 1 is 1.15 bits per heavy atom. The van der Waals surface area contributed by atoms with E-state index in [4.69, 9.17) is 4.74 Å². The first-order valence-corrected chi connectivity index (χ1v) is 10.7. The molecule has 1 nitrogen and oxygen atoms in total. The molecular weight excluding hydrogens is 263 g/mol. The van der Waals surface area contributed by atoms with Gasteiger partial charge < -0.3 is 4.74 Å². The molecule has 0 saturated heterocycles. The molecule has 0 aliphatic carbocycles. The molecule has 0 heterocycles. The van der Waals surface area contributed by atoms with Crippen molar-refractivity contribution in [3.05, 3.63) is 34.9 Å². The van der Waals surface area contributed by atoms with E-state index in [0.29, 0.717) is 0 Å². The lowest BCUT2D eigenvalue weighted by Gasteiger charge is -2.21. The first-order valence-electron chi connectivity index (χ1n) is 7.58. The van der Waals surface area contributed by atoms with Crippen LogP contribution in [0.15, 0.2) is 34.9 Å². The predicted octanol–water partition coefficient (Wildman–Crippen LogP) is 6.10. The van der Waals surface area contributed by atoms with E-state index >= 15 is 0 Å². The number of rotatable bonds is 7. The molecule has 116 valence electrons. The number of methoxy groups -OCH3 is 1. The largest absolute Gasteiger partial charge is 0.492 e. The fraction of sp³-hybridized carbons (Fsp3) is 0.667. The maximum absolute atomic E-state index is 5.77. The summed E-state index contributed by atoms with van der Waals surface area (Å²) in [6, 6.07) is 0. The van der Waals surface area contributed by atoms with E-state index in [-0.39, 0.29) is 5.41 Å². The Morgan fingerprint density at radius 2 is 1.70 bits per heavy atom. The van der Waals surface area contributed by atoms with Crippen LogP contribution in [0.3, 0.4) is 0 Å². The molecule has 20 heavy (non-hydrogen) atoms. The normalized spacial score (nSPS) is 15.6. The van der Waals surface area contributed by atoms with E-state index in [1.54, 1.807) is 7.11 Å². The van der Waals surface area contributed by atoms with Gasteiger partial charge in [-0.2, -0.15) is 0 Å². The van der Waals surface area contributed by atoms with Crippen molar-refractivity contribution >= 4 is 7.26 Å². The molecule has 0 amide bonds. The molecule has 0 unspecified atom stereocenters. The zero-order valence-corrected chi connectivity index (χ0v) is 15.9. The summed E-state index contributed by atoms with van der Waals surface area (Å²) < 4.78 is 5.77. The topological polar surface area (TPSA) is 9.23 Å². The fourth-order valence-corrected chi connectivity index (χ4v) is 3.29. The van der Waals surface area contributed by atoms with E-state index in [1.165, 1.54) is 10.9 Å². The van der Waals surface area contributed by atoms with Crippen molar-refractivity contribution in [2.45, 2.75) is 47.5 Å². The second kappa shape index (κ2) is 8.03. The van der Waals surface area contributed by atoms with Gasteiger partial charge in [-0.3, -0.25) is 0 Å². The van der Waals surface area contributed by atoms with Crippen molar-refractivity contribution in [3.8, 4) is 0 Å². The van der Waals surface area contributed by atoms with E-state index in [0.717, 1.165) is 18.6 Å². The summed E-state index contributed by atoms with van der Waals surface area (Å²) in [5.41, 5.74) is 1.54. The van der Waals surface area contributed by atoms with Gasteiger partial charge in [0.15, 0.2) is 5.76 Å². The number of hydrogen-bond acceptors (Lipinski definition) is 1. The Kier molecular flexibility index (Phi) is 7.81. The zero-order valence-electron chi connectivity index (χ0n) is 15.0. The fourth-order valence-electron chi connectivity index (χ4n) is 1.92. The molecule has 0 radical (unpaired) electrons. The molecule has 0 aromatic rings. The smallest absolute Gasteiger partial charge is 0.163 e. The quantitative estimate of drug-likeness (QED) is 0.313. The lowest BCUT2D eigenvalue weighted by atomic mass is 9.90. The van der Waals surface area contributed by atoms with Crippen LogP contribution >= 0.6 is 7.26 Å². The molecule has 0 fully saturated rings. The Hall–Kier alpha value is -0.550. The second-order valence-electron chi connectivity index (χ2n) is 6.77. The minimum absolute atomic E-state index is 0.238. The third-order valence-electron chi connectivity index (χ3n) is 3.78. The Bertz CT molecular complexity index is 392. The van der Waals surface area contributed by atoms with Crippen LogP contribution in [-0.4, -0.2) is 27.1 Å². The third-order valence-corrected chi connectivity index (χ3v) is 5.58. The minimum Gasteiger partial charge on any atom is -0.492 e. The summed E-state index contributed by atoms with van der Waals surface area (Å²) in [6.45, 7) is 18.1. The highest BCUT2D eigenvalue weighted by atomic mass is 31.2. The molecule has 0 N–H and O–H groups in total. The molecule has 0 aromatic heterocycles.